The SMILES string of the molecule is O=C(NCCc1nnc(NC(=O)c2cc([N+](=O)[O-])ccc2Cl)s1)c1cccc(Br)c1. The zero-order valence-electron chi connectivity index (χ0n) is 15.1. The number of non-ortho nitro benzene ring substituents is 1. The van der Waals surface area contributed by atoms with Crippen LogP contribution in [0.2, 0.25) is 5.02 Å². The van der Waals surface area contributed by atoms with Gasteiger partial charge in [0.15, 0.2) is 0 Å². The molecule has 3 aromatic rings. The zero-order chi connectivity index (χ0) is 21.7. The molecule has 30 heavy (non-hydrogen) atoms. The summed E-state index contributed by atoms with van der Waals surface area (Å²) in [6.45, 7) is 0.338. The van der Waals surface area contributed by atoms with Crippen molar-refractivity contribution in [3.63, 3.8) is 0 Å². The Morgan fingerprint density at radius 1 is 1.17 bits per heavy atom. The van der Waals surface area contributed by atoms with Crippen molar-refractivity contribution in [2.24, 2.45) is 0 Å². The highest BCUT2D eigenvalue weighted by Crippen LogP contribution is 2.24. The molecule has 2 aromatic carbocycles. The number of anilines is 1. The number of benzene rings is 2. The summed E-state index contributed by atoms with van der Waals surface area (Å²) in [5.41, 5.74) is 0.246. The van der Waals surface area contributed by atoms with E-state index in [0.717, 1.165) is 21.9 Å². The predicted molar refractivity (Wildman–Crippen MR) is 116 cm³/mol. The standard InChI is InChI=1S/C18H13BrClN5O4S/c19-11-3-1-2-10(8-11)16(26)21-7-6-15-23-24-18(30-15)22-17(27)13-9-12(25(28)29)4-5-14(13)20/h1-5,8-9H,6-7H2,(H,21,26)(H,22,24,27). The topological polar surface area (TPSA) is 127 Å². The lowest BCUT2D eigenvalue weighted by molar-refractivity contribution is -0.384. The number of nitro groups is 1. The van der Waals surface area contributed by atoms with Gasteiger partial charge in [0.25, 0.3) is 17.5 Å². The molecule has 2 amide bonds. The van der Waals surface area contributed by atoms with E-state index in [1.54, 1.807) is 18.2 Å². The van der Waals surface area contributed by atoms with Crippen molar-refractivity contribution < 1.29 is 14.5 Å². The van der Waals surface area contributed by atoms with Crippen LogP contribution in [-0.4, -0.2) is 33.5 Å². The second-order valence-electron chi connectivity index (χ2n) is 5.89. The Morgan fingerprint density at radius 2 is 1.97 bits per heavy atom. The minimum Gasteiger partial charge on any atom is -0.352 e. The summed E-state index contributed by atoms with van der Waals surface area (Å²) in [4.78, 5) is 34.8. The van der Waals surface area contributed by atoms with E-state index in [1.807, 2.05) is 6.07 Å². The van der Waals surface area contributed by atoms with Crippen molar-refractivity contribution in [1.29, 1.82) is 0 Å². The molecule has 0 radical (unpaired) electrons. The third-order valence-corrected chi connectivity index (χ3v) is 5.53. The van der Waals surface area contributed by atoms with Crippen molar-refractivity contribution in [3.05, 3.63) is 78.2 Å². The van der Waals surface area contributed by atoms with Crippen LogP contribution in [-0.2, 0) is 6.42 Å². The van der Waals surface area contributed by atoms with E-state index in [-0.39, 0.29) is 27.3 Å². The minimum atomic E-state index is -0.630. The van der Waals surface area contributed by atoms with Gasteiger partial charge >= 0.3 is 0 Å². The molecule has 154 valence electrons. The van der Waals surface area contributed by atoms with E-state index in [9.17, 15) is 19.7 Å². The molecule has 0 aliphatic rings. The first kappa shape index (κ1) is 21.8. The van der Waals surface area contributed by atoms with Crippen LogP contribution in [0, 0.1) is 10.1 Å². The van der Waals surface area contributed by atoms with Crippen LogP contribution < -0.4 is 10.6 Å². The van der Waals surface area contributed by atoms with E-state index in [0.29, 0.717) is 23.5 Å². The molecule has 0 aliphatic carbocycles. The molecule has 12 heteroatoms. The highest BCUT2D eigenvalue weighted by atomic mass is 79.9. The van der Waals surface area contributed by atoms with E-state index in [1.165, 1.54) is 12.1 Å². The molecular formula is C18H13BrClN5O4S. The Balaban J connectivity index is 1.56. The molecule has 9 nitrogen and oxygen atoms in total. The monoisotopic (exact) mass is 509 g/mol. The van der Waals surface area contributed by atoms with Crippen LogP contribution in [0.5, 0.6) is 0 Å². The van der Waals surface area contributed by atoms with Gasteiger partial charge in [-0.15, -0.1) is 10.2 Å². The molecule has 0 fully saturated rings. The predicted octanol–water partition coefficient (Wildman–Crippen LogP) is 4.09. The van der Waals surface area contributed by atoms with Gasteiger partial charge in [-0.25, -0.2) is 0 Å². The molecule has 0 saturated heterocycles. The number of hydrogen-bond acceptors (Lipinski definition) is 7. The molecule has 0 atom stereocenters. The minimum absolute atomic E-state index is 0.0381. The molecule has 0 bridgehead atoms. The normalized spacial score (nSPS) is 10.5. The molecular weight excluding hydrogens is 498 g/mol. The van der Waals surface area contributed by atoms with Gasteiger partial charge in [-0.1, -0.05) is 44.9 Å². The van der Waals surface area contributed by atoms with Crippen molar-refractivity contribution >= 4 is 61.5 Å². The maximum Gasteiger partial charge on any atom is 0.270 e. The fourth-order valence-corrected chi connectivity index (χ4v) is 3.72. The van der Waals surface area contributed by atoms with Crippen molar-refractivity contribution in [2.75, 3.05) is 11.9 Å². The first-order valence-electron chi connectivity index (χ1n) is 8.45. The lowest BCUT2D eigenvalue weighted by Gasteiger charge is -2.04. The van der Waals surface area contributed by atoms with E-state index in [4.69, 9.17) is 11.6 Å². The third-order valence-electron chi connectivity index (χ3n) is 3.80. The maximum absolute atomic E-state index is 12.4. The second kappa shape index (κ2) is 9.74. The number of amides is 2. The number of nitrogens with zero attached hydrogens (tertiary/aromatic N) is 3. The summed E-state index contributed by atoms with van der Waals surface area (Å²) in [7, 11) is 0. The van der Waals surface area contributed by atoms with Gasteiger partial charge in [-0.3, -0.25) is 25.0 Å². The lowest BCUT2D eigenvalue weighted by Crippen LogP contribution is -2.25. The summed E-state index contributed by atoms with van der Waals surface area (Å²) < 4.78 is 0.809. The summed E-state index contributed by atoms with van der Waals surface area (Å²) in [6.07, 6.45) is 0.421. The van der Waals surface area contributed by atoms with E-state index in [2.05, 4.69) is 36.8 Å². The summed E-state index contributed by atoms with van der Waals surface area (Å²) in [6, 6.07) is 10.6. The van der Waals surface area contributed by atoms with Crippen LogP contribution in [0.4, 0.5) is 10.8 Å². The Morgan fingerprint density at radius 3 is 2.70 bits per heavy atom. The summed E-state index contributed by atoms with van der Waals surface area (Å²) >= 11 is 10.4. The van der Waals surface area contributed by atoms with E-state index >= 15 is 0 Å². The van der Waals surface area contributed by atoms with Gasteiger partial charge in [-0.2, -0.15) is 0 Å². The van der Waals surface area contributed by atoms with Crippen molar-refractivity contribution in [2.45, 2.75) is 6.42 Å². The third kappa shape index (κ3) is 5.59. The van der Waals surface area contributed by atoms with Gasteiger partial charge in [0.1, 0.15) is 5.01 Å². The maximum atomic E-state index is 12.4. The van der Waals surface area contributed by atoms with Crippen molar-refractivity contribution in [1.82, 2.24) is 15.5 Å². The highest BCUT2D eigenvalue weighted by molar-refractivity contribution is 9.10. The first-order valence-corrected chi connectivity index (χ1v) is 10.4. The molecule has 1 aromatic heterocycles. The van der Waals surface area contributed by atoms with Crippen LogP contribution in [0.15, 0.2) is 46.9 Å². The first-order chi connectivity index (χ1) is 14.3. The molecule has 0 saturated carbocycles. The Bertz CT molecular complexity index is 1120. The fraction of sp³-hybridized carbons (Fsp3) is 0.111. The Labute approximate surface area is 187 Å². The van der Waals surface area contributed by atoms with Gasteiger partial charge in [0.2, 0.25) is 5.13 Å². The van der Waals surface area contributed by atoms with Crippen molar-refractivity contribution in [3.8, 4) is 0 Å². The van der Waals surface area contributed by atoms with Crippen LogP contribution in [0.25, 0.3) is 0 Å². The number of nitrogens with one attached hydrogen (secondary N) is 2. The number of hydrogen-bond donors (Lipinski definition) is 2. The highest BCUT2D eigenvalue weighted by Gasteiger charge is 2.17. The average molecular weight is 511 g/mol. The largest absolute Gasteiger partial charge is 0.352 e. The van der Waals surface area contributed by atoms with Gasteiger partial charge in [0.05, 0.1) is 15.5 Å². The van der Waals surface area contributed by atoms with Crippen LogP contribution in [0.1, 0.15) is 25.7 Å². The smallest absolute Gasteiger partial charge is 0.270 e. The molecule has 1 heterocycles. The second-order valence-corrected chi connectivity index (χ2v) is 8.28. The summed E-state index contributed by atoms with van der Waals surface area (Å²) in [5, 5.41) is 24.9. The Hall–Kier alpha value is -2.89. The van der Waals surface area contributed by atoms with Gasteiger partial charge in [-0.05, 0) is 24.3 Å². The van der Waals surface area contributed by atoms with Crippen LogP contribution >= 0.6 is 38.9 Å². The lowest BCUT2D eigenvalue weighted by atomic mass is 10.2. The molecule has 0 unspecified atom stereocenters. The number of carbonyl (C=O) groups excluding carboxylic acids is 2. The quantitative estimate of drug-likeness (QED) is 0.364. The zero-order valence-corrected chi connectivity index (χ0v) is 18.3. The fourth-order valence-electron chi connectivity index (χ4n) is 2.39. The van der Waals surface area contributed by atoms with Gasteiger partial charge < -0.3 is 5.32 Å². The summed E-state index contributed by atoms with van der Waals surface area (Å²) in [5.74, 6) is -0.844. The number of nitro benzene ring substituents is 1. The number of aromatic nitrogens is 2. The molecule has 0 spiro atoms. The molecule has 2 N–H and O–H groups in total. The average Bonchev–Trinajstić information content (AvgIpc) is 3.15. The molecule has 0 aliphatic heterocycles. The number of rotatable bonds is 7. The van der Waals surface area contributed by atoms with Gasteiger partial charge in [0, 0.05) is 35.1 Å². The number of carbonyl (C=O) groups is 2. The van der Waals surface area contributed by atoms with E-state index < -0.39 is 10.8 Å². The number of halogens is 2. The van der Waals surface area contributed by atoms with Crippen LogP contribution in [0.3, 0.4) is 0 Å². The Kier molecular flexibility index (Phi) is 7.08. The molecule has 3 rings (SSSR count).